The summed E-state index contributed by atoms with van der Waals surface area (Å²) < 4.78 is 2.51. The second kappa shape index (κ2) is 15.6. The summed E-state index contributed by atoms with van der Waals surface area (Å²) in [5.41, 5.74) is 12.3. The van der Waals surface area contributed by atoms with Gasteiger partial charge in [-0.3, -0.25) is 0 Å². The van der Waals surface area contributed by atoms with Gasteiger partial charge < -0.3 is 14.7 Å². The normalized spacial score (nSPS) is 11.1. The minimum Gasteiger partial charge on any atom is -0.310 e. The predicted molar refractivity (Wildman–Crippen MR) is 249 cm³/mol. The van der Waals surface area contributed by atoms with Crippen molar-refractivity contribution in [2.24, 2.45) is 0 Å². The predicted octanol–water partition coefficient (Wildman–Crippen LogP) is 16.1. The van der Waals surface area contributed by atoms with Crippen molar-refractivity contribution in [2.45, 2.75) is 0 Å². The lowest BCUT2D eigenvalue weighted by molar-refractivity contribution is 1.25. The van der Waals surface area contributed by atoms with Gasteiger partial charge in [-0.25, -0.2) is 0 Å². The Hall–Kier alpha value is -7.40. The van der Waals surface area contributed by atoms with Crippen LogP contribution in [0.4, 0.5) is 51.2 Å². The molecule has 0 radical (unpaired) electrons. The van der Waals surface area contributed by atoms with Crippen LogP contribution in [0.25, 0.3) is 31.3 Å². The maximum atomic E-state index is 2.38. The molecule has 4 heteroatoms. The average Bonchev–Trinajstić information content (AvgIpc) is 3.66. The van der Waals surface area contributed by atoms with Gasteiger partial charge in [0.25, 0.3) is 0 Å². The highest BCUT2D eigenvalue weighted by atomic mass is 32.1. The van der Waals surface area contributed by atoms with Gasteiger partial charge in [-0.15, -0.1) is 11.3 Å². The Morgan fingerprint density at radius 2 is 0.586 bits per heavy atom. The smallest absolute Gasteiger partial charge is 0.0482 e. The fourth-order valence-electron chi connectivity index (χ4n) is 7.89. The number of rotatable bonds is 10. The monoisotopic (exact) mass is 761 g/mol. The first-order chi connectivity index (χ1) is 28.8. The molecule has 0 unspecified atom stereocenters. The van der Waals surface area contributed by atoms with Crippen LogP contribution in [0.1, 0.15) is 0 Å². The van der Waals surface area contributed by atoms with Crippen molar-refractivity contribution in [3.05, 3.63) is 237 Å². The van der Waals surface area contributed by atoms with Crippen LogP contribution in [0.15, 0.2) is 237 Å². The fraction of sp³-hybridized carbons (Fsp3) is 0. The van der Waals surface area contributed by atoms with E-state index in [4.69, 9.17) is 0 Å². The van der Waals surface area contributed by atoms with Crippen LogP contribution in [-0.2, 0) is 0 Å². The number of hydrogen-bond acceptors (Lipinski definition) is 4. The minimum atomic E-state index is 1.07. The molecule has 0 saturated heterocycles. The summed E-state index contributed by atoms with van der Waals surface area (Å²) in [4.78, 5) is 7.04. The molecule has 0 aliphatic heterocycles. The van der Waals surface area contributed by atoms with Crippen molar-refractivity contribution in [3.63, 3.8) is 0 Å². The third-order valence-electron chi connectivity index (χ3n) is 10.6. The molecular weight excluding hydrogens is 723 g/mol. The van der Waals surface area contributed by atoms with E-state index >= 15 is 0 Å². The zero-order valence-corrected chi connectivity index (χ0v) is 32.6. The van der Waals surface area contributed by atoms with Crippen LogP contribution < -0.4 is 14.7 Å². The Morgan fingerprint density at radius 1 is 0.224 bits per heavy atom. The highest BCUT2D eigenvalue weighted by molar-refractivity contribution is 7.25. The first-order valence-electron chi connectivity index (χ1n) is 19.6. The molecule has 0 aliphatic carbocycles. The molecule has 1 aromatic heterocycles. The van der Waals surface area contributed by atoms with Gasteiger partial charge in [-0.05, 0) is 120 Å². The second-order valence-corrected chi connectivity index (χ2v) is 15.3. The van der Waals surface area contributed by atoms with Crippen LogP contribution in [0.2, 0.25) is 0 Å². The van der Waals surface area contributed by atoms with Gasteiger partial charge in [0.05, 0.1) is 0 Å². The number of fused-ring (bicyclic) bond motifs is 3. The molecule has 0 amide bonds. The van der Waals surface area contributed by atoms with Gasteiger partial charge in [0, 0.05) is 71.4 Å². The van der Waals surface area contributed by atoms with Gasteiger partial charge in [0.15, 0.2) is 0 Å². The molecule has 3 nitrogen and oxygen atoms in total. The molecule has 10 aromatic rings. The Balaban J connectivity index is 1.10. The second-order valence-electron chi connectivity index (χ2n) is 14.2. The molecule has 0 atom stereocenters. The maximum absolute atomic E-state index is 2.38. The van der Waals surface area contributed by atoms with E-state index in [-0.39, 0.29) is 0 Å². The minimum absolute atomic E-state index is 1.07. The molecule has 0 spiro atoms. The first kappa shape index (κ1) is 35.0. The van der Waals surface area contributed by atoms with E-state index in [2.05, 4.69) is 251 Å². The quantitative estimate of drug-likeness (QED) is 0.137. The third kappa shape index (κ3) is 6.87. The molecular formula is C54H39N3S. The Morgan fingerprint density at radius 3 is 1.10 bits per heavy atom. The van der Waals surface area contributed by atoms with E-state index in [1.807, 2.05) is 11.3 Å². The molecule has 0 aliphatic rings. The van der Waals surface area contributed by atoms with Gasteiger partial charge >= 0.3 is 0 Å². The van der Waals surface area contributed by atoms with Gasteiger partial charge in [-0.1, -0.05) is 127 Å². The molecule has 9 aromatic carbocycles. The van der Waals surface area contributed by atoms with Crippen LogP contribution in [0.3, 0.4) is 0 Å². The summed E-state index contributed by atoms with van der Waals surface area (Å²) in [6.07, 6.45) is 0. The molecule has 58 heavy (non-hydrogen) atoms. The number of thiophene rings is 1. The highest BCUT2D eigenvalue weighted by Crippen LogP contribution is 2.45. The SMILES string of the molecule is c1ccc(-c2ccc(N(c3cccc(N(c4ccccc4)c4ccccc4)c3)c3ccc4c(c3)sc3ccc(N(c5ccccc5)c5ccccc5)cc34)cc2)cc1. The van der Waals surface area contributed by atoms with Crippen LogP contribution in [0, 0.1) is 0 Å². The summed E-state index contributed by atoms with van der Waals surface area (Å²) in [5.74, 6) is 0. The van der Waals surface area contributed by atoms with E-state index in [0.717, 1.165) is 51.2 Å². The zero-order chi connectivity index (χ0) is 38.7. The molecule has 0 bridgehead atoms. The molecule has 10 rings (SSSR count). The summed E-state index contributed by atoms with van der Waals surface area (Å²) in [5, 5.41) is 2.50. The van der Waals surface area contributed by atoms with Gasteiger partial charge in [0.2, 0.25) is 0 Å². The lowest BCUT2D eigenvalue weighted by atomic mass is 10.0. The summed E-state index contributed by atoms with van der Waals surface area (Å²) in [6.45, 7) is 0. The van der Waals surface area contributed by atoms with Crippen molar-refractivity contribution in [3.8, 4) is 11.1 Å². The molecule has 276 valence electrons. The third-order valence-corrected chi connectivity index (χ3v) is 11.7. The average molecular weight is 762 g/mol. The van der Waals surface area contributed by atoms with E-state index in [1.165, 1.54) is 31.3 Å². The van der Waals surface area contributed by atoms with Crippen molar-refractivity contribution in [2.75, 3.05) is 14.7 Å². The zero-order valence-electron chi connectivity index (χ0n) is 31.8. The molecule has 0 N–H and O–H groups in total. The Labute approximate surface area is 343 Å². The van der Waals surface area contributed by atoms with Crippen molar-refractivity contribution >= 4 is 82.7 Å². The van der Waals surface area contributed by atoms with E-state index < -0.39 is 0 Å². The lowest BCUT2D eigenvalue weighted by Gasteiger charge is -2.29. The van der Waals surface area contributed by atoms with E-state index in [9.17, 15) is 0 Å². The van der Waals surface area contributed by atoms with Crippen molar-refractivity contribution in [1.82, 2.24) is 0 Å². The highest BCUT2D eigenvalue weighted by Gasteiger charge is 2.19. The van der Waals surface area contributed by atoms with Gasteiger partial charge in [0.1, 0.15) is 0 Å². The molecule has 1 heterocycles. The maximum Gasteiger partial charge on any atom is 0.0482 e. The van der Waals surface area contributed by atoms with Crippen molar-refractivity contribution in [1.29, 1.82) is 0 Å². The summed E-state index contributed by atoms with van der Waals surface area (Å²) >= 11 is 1.84. The number of hydrogen-bond donors (Lipinski definition) is 0. The van der Waals surface area contributed by atoms with E-state index in [0.29, 0.717) is 0 Å². The molecule has 0 saturated carbocycles. The largest absolute Gasteiger partial charge is 0.310 e. The van der Waals surface area contributed by atoms with Crippen molar-refractivity contribution < 1.29 is 0 Å². The number of para-hydroxylation sites is 4. The molecule has 0 fully saturated rings. The van der Waals surface area contributed by atoms with E-state index in [1.54, 1.807) is 0 Å². The summed E-state index contributed by atoms with van der Waals surface area (Å²) in [6, 6.07) is 84.6. The fourth-order valence-corrected chi connectivity index (χ4v) is 9.01. The van der Waals surface area contributed by atoms with Crippen LogP contribution in [0.5, 0.6) is 0 Å². The standard InChI is InChI=1S/C54H39N3S/c1-6-17-40(18-7-1)41-29-31-46(32-30-41)57(48-28-16-27-47(37-48)55(42-19-8-2-9-20-42)43-21-10-3-11-22-43)50-33-35-51-52-38-49(34-36-53(52)58-54(51)39-50)56(44-23-12-4-13-24-44)45-25-14-5-15-26-45/h1-39H. The first-order valence-corrected chi connectivity index (χ1v) is 20.4. The Kier molecular flexibility index (Phi) is 9.44. The number of benzene rings is 9. The van der Waals surface area contributed by atoms with Crippen LogP contribution >= 0.6 is 11.3 Å². The van der Waals surface area contributed by atoms with Crippen LogP contribution in [-0.4, -0.2) is 0 Å². The number of anilines is 9. The lowest BCUT2D eigenvalue weighted by Crippen LogP contribution is -2.13. The topological polar surface area (TPSA) is 9.72 Å². The van der Waals surface area contributed by atoms with Gasteiger partial charge in [-0.2, -0.15) is 0 Å². The Bertz CT molecular complexity index is 2850. The number of nitrogens with zero attached hydrogens (tertiary/aromatic N) is 3. The summed E-state index contributed by atoms with van der Waals surface area (Å²) in [7, 11) is 0.